The van der Waals surface area contributed by atoms with Crippen LogP contribution in [-0.4, -0.2) is 44.3 Å². The Kier molecular flexibility index (Phi) is 4.70. The molecule has 0 saturated carbocycles. The van der Waals surface area contributed by atoms with E-state index in [9.17, 15) is 39.6 Å². The molecule has 5 rings (SSSR count). The predicted octanol–water partition coefficient (Wildman–Crippen LogP) is 5.26. The van der Waals surface area contributed by atoms with Crippen LogP contribution in [0.4, 0.5) is 0 Å². The van der Waals surface area contributed by atoms with Gasteiger partial charge in [-0.1, -0.05) is 24.3 Å². The number of rotatable bonds is 6. The van der Waals surface area contributed by atoms with Gasteiger partial charge >= 0.3 is 23.9 Å². The molecule has 0 unspecified atom stereocenters. The molecular formula is C27H16O8. The predicted molar refractivity (Wildman–Crippen MR) is 129 cm³/mol. The van der Waals surface area contributed by atoms with Crippen LogP contribution in [0.2, 0.25) is 0 Å². The number of fused-ring (bicyclic) bond motifs is 2. The van der Waals surface area contributed by atoms with Gasteiger partial charge in [0.15, 0.2) is 0 Å². The third-order valence-electron chi connectivity index (χ3n) is 6.37. The first-order valence-electron chi connectivity index (χ1n) is 10.4. The Balaban J connectivity index is 2.22. The number of hydrogen-bond acceptors (Lipinski definition) is 4. The van der Waals surface area contributed by atoms with Crippen LogP contribution in [0.1, 0.15) is 47.0 Å². The molecule has 0 saturated heterocycles. The van der Waals surface area contributed by atoms with E-state index in [1.165, 1.54) is 24.3 Å². The number of hydrogen-bond donors (Lipinski definition) is 4. The van der Waals surface area contributed by atoms with Crippen LogP contribution in [0.5, 0.6) is 0 Å². The Hall–Kier alpha value is -4.98. The quantitative estimate of drug-likeness (QED) is 0.150. The topological polar surface area (TPSA) is 149 Å². The highest BCUT2D eigenvalue weighted by molar-refractivity contribution is 6.38. The first-order chi connectivity index (χ1) is 16.7. The maximum absolute atomic E-state index is 12.2. The molecule has 8 heteroatoms. The molecule has 0 aromatic heterocycles. The second kappa shape index (κ2) is 7.53. The van der Waals surface area contributed by atoms with Gasteiger partial charge in [0.2, 0.25) is 0 Å². The summed E-state index contributed by atoms with van der Waals surface area (Å²) in [6.07, 6.45) is 1.83. The lowest BCUT2D eigenvalue weighted by Crippen LogP contribution is -2.08. The van der Waals surface area contributed by atoms with Gasteiger partial charge in [0.05, 0.1) is 22.3 Å². The van der Waals surface area contributed by atoms with Crippen LogP contribution < -0.4 is 0 Å². The monoisotopic (exact) mass is 468 g/mol. The van der Waals surface area contributed by atoms with E-state index in [0.717, 1.165) is 0 Å². The Morgan fingerprint density at radius 1 is 0.571 bits per heavy atom. The fourth-order valence-electron chi connectivity index (χ4n) is 5.10. The van der Waals surface area contributed by atoms with E-state index in [-0.39, 0.29) is 39.4 Å². The summed E-state index contributed by atoms with van der Waals surface area (Å²) < 4.78 is 0. The first-order valence-corrected chi connectivity index (χ1v) is 10.4. The van der Waals surface area contributed by atoms with Crippen molar-refractivity contribution in [1.82, 2.24) is 0 Å². The Morgan fingerprint density at radius 3 is 1.46 bits per heavy atom. The van der Waals surface area contributed by atoms with Gasteiger partial charge in [-0.25, -0.2) is 19.2 Å². The Morgan fingerprint density at radius 2 is 1.00 bits per heavy atom. The summed E-state index contributed by atoms with van der Waals surface area (Å²) in [4.78, 5) is 48.3. The van der Waals surface area contributed by atoms with Gasteiger partial charge in [-0.2, -0.15) is 0 Å². The molecule has 0 aliphatic heterocycles. The minimum atomic E-state index is -1.29. The molecule has 8 nitrogen and oxygen atoms in total. The molecule has 0 aliphatic carbocycles. The summed E-state index contributed by atoms with van der Waals surface area (Å²) in [5.74, 6) is -5.17. The van der Waals surface area contributed by atoms with E-state index in [0.29, 0.717) is 37.9 Å². The molecule has 172 valence electrons. The van der Waals surface area contributed by atoms with Crippen LogP contribution in [-0.2, 0) is 6.42 Å². The van der Waals surface area contributed by atoms with Crippen LogP contribution in [0.15, 0.2) is 55.1 Å². The summed E-state index contributed by atoms with van der Waals surface area (Å²) >= 11 is 0. The summed E-state index contributed by atoms with van der Waals surface area (Å²) in [7, 11) is 0. The molecule has 35 heavy (non-hydrogen) atoms. The van der Waals surface area contributed by atoms with Crippen molar-refractivity contribution < 1.29 is 39.6 Å². The molecule has 0 spiro atoms. The van der Waals surface area contributed by atoms with E-state index in [1.807, 2.05) is 0 Å². The maximum Gasteiger partial charge on any atom is 0.336 e. The molecule has 5 aromatic rings. The van der Waals surface area contributed by atoms with E-state index in [4.69, 9.17) is 0 Å². The van der Waals surface area contributed by atoms with E-state index >= 15 is 0 Å². The molecule has 0 heterocycles. The number of allylic oxidation sites excluding steroid dienone is 1. The number of aromatic carboxylic acids is 4. The summed E-state index contributed by atoms with van der Waals surface area (Å²) in [6, 6.07) is 9.98. The minimum absolute atomic E-state index is 0.0491. The fraction of sp³-hybridized carbons (Fsp3) is 0.0370. The van der Waals surface area contributed by atoms with E-state index in [1.54, 1.807) is 24.3 Å². The second-order valence-electron chi connectivity index (χ2n) is 8.15. The molecule has 5 aromatic carbocycles. The van der Waals surface area contributed by atoms with Gasteiger partial charge < -0.3 is 20.4 Å². The number of carboxylic acid groups (broad SMARTS) is 4. The van der Waals surface area contributed by atoms with Gasteiger partial charge in [-0.05, 0) is 68.6 Å². The smallest absolute Gasteiger partial charge is 0.336 e. The normalized spacial score (nSPS) is 11.4. The lowest BCUT2D eigenvalue weighted by atomic mass is 9.82. The number of carbonyl (C=O) groups is 4. The lowest BCUT2D eigenvalue weighted by Gasteiger charge is -2.20. The first kappa shape index (κ1) is 21.8. The van der Waals surface area contributed by atoms with Crippen molar-refractivity contribution in [2.24, 2.45) is 0 Å². The van der Waals surface area contributed by atoms with Crippen LogP contribution in [0.25, 0.3) is 43.1 Å². The van der Waals surface area contributed by atoms with Crippen LogP contribution >= 0.6 is 0 Å². The molecule has 0 bridgehead atoms. The summed E-state index contributed by atoms with van der Waals surface area (Å²) in [5, 5.41) is 42.3. The van der Waals surface area contributed by atoms with Crippen LogP contribution in [0.3, 0.4) is 0 Å². The Bertz CT molecular complexity index is 1770. The van der Waals surface area contributed by atoms with Crippen molar-refractivity contribution in [2.45, 2.75) is 6.42 Å². The average Bonchev–Trinajstić information content (AvgIpc) is 2.81. The van der Waals surface area contributed by atoms with E-state index in [2.05, 4.69) is 6.58 Å². The van der Waals surface area contributed by atoms with Crippen molar-refractivity contribution in [3.05, 3.63) is 82.9 Å². The zero-order valence-corrected chi connectivity index (χ0v) is 18.0. The van der Waals surface area contributed by atoms with Gasteiger partial charge in [0, 0.05) is 10.8 Å². The Labute approximate surface area is 196 Å². The van der Waals surface area contributed by atoms with Gasteiger partial charge in [0.25, 0.3) is 0 Å². The van der Waals surface area contributed by atoms with Crippen molar-refractivity contribution in [3.8, 4) is 0 Å². The van der Waals surface area contributed by atoms with Crippen molar-refractivity contribution in [3.63, 3.8) is 0 Å². The molecule has 4 N–H and O–H groups in total. The van der Waals surface area contributed by atoms with Crippen molar-refractivity contribution in [1.29, 1.82) is 0 Å². The standard InChI is InChI=1S/C27H16O8/c1-2-3-11-10-18(27(34)35)22-17(26(32)33)8-5-13-12-4-7-15(24(28)29)21-16(25(30)31)9-6-14(20(12)21)19(11)23(13)22/h2,4-10H,1,3H2,(H,28,29)(H,30,31)(H,32,33)(H,34,35). The molecule has 0 aliphatic rings. The van der Waals surface area contributed by atoms with Crippen LogP contribution in [0, 0.1) is 0 Å². The van der Waals surface area contributed by atoms with Crippen molar-refractivity contribution >= 4 is 67.0 Å². The number of benzene rings is 5. The van der Waals surface area contributed by atoms with Gasteiger partial charge in [-0.15, -0.1) is 6.58 Å². The molecule has 0 amide bonds. The lowest BCUT2D eigenvalue weighted by molar-refractivity contribution is 0.0681. The highest BCUT2D eigenvalue weighted by Gasteiger charge is 2.26. The maximum atomic E-state index is 12.2. The van der Waals surface area contributed by atoms with E-state index < -0.39 is 23.9 Å². The summed E-state index contributed by atoms with van der Waals surface area (Å²) in [5.41, 5.74) is -0.181. The highest BCUT2D eigenvalue weighted by atomic mass is 16.4. The number of carboxylic acids is 4. The van der Waals surface area contributed by atoms with Gasteiger partial charge in [-0.3, -0.25) is 0 Å². The zero-order valence-electron chi connectivity index (χ0n) is 18.0. The largest absolute Gasteiger partial charge is 0.478 e. The molecular weight excluding hydrogens is 452 g/mol. The molecule has 0 fully saturated rings. The molecule has 0 atom stereocenters. The second-order valence-corrected chi connectivity index (χ2v) is 8.15. The fourth-order valence-corrected chi connectivity index (χ4v) is 5.10. The minimum Gasteiger partial charge on any atom is -0.478 e. The SMILES string of the molecule is C=CCc1cc(C(=O)O)c2c(C(=O)O)ccc3c4ccc(C(=O)O)c5c(C(=O)O)ccc(c1c23)c54. The average molecular weight is 468 g/mol. The zero-order chi connectivity index (χ0) is 25.2. The third-order valence-corrected chi connectivity index (χ3v) is 6.37. The summed E-state index contributed by atoms with van der Waals surface area (Å²) in [6.45, 7) is 3.74. The third kappa shape index (κ3) is 2.93. The highest BCUT2D eigenvalue weighted by Crippen LogP contribution is 2.45. The van der Waals surface area contributed by atoms with Gasteiger partial charge in [0.1, 0.15) is 0 Å². The molecule has 0 radical (unpaired) electrons. The van der Waals surface area contributed by atoms with Crippen molar-refractivity contribution in [2.75, 3.05) is 0 Å².